The van der Waals surface area contributed by atoms with Crippen LogP contribution in [0.15, 0.2) is 6.33 Å². The molecule has 0 radical (unpaired) electrons. The van der Waals surface area contributed by atoms with Gasteiger partial charge < -0.3 is 10.2 Å². The van der Waals surface area contributed by atoms with Gasteiger partial charge >= 0.3 is 0 Å². The van der Waals surface area contributed by atoms with E-state index < -0.39 is 0 Å². The van der Waals surface area contributed by atoms with E-state index in [9.17, 15) is 4.39 Å². The van der Waals surface area contributed by atoms with Gasteiger partial charge in [-0.3, -0.25) is 0 Å². The van der Waals surface area contributed by atoms with Crippen LogP contribution in [0.3, 0.4) is 0 Å². The lowest BCUT2D eigenvalue weighted by molar-refractivity contribution is 0.391. The predicted molar refractivity (Wildman–Crippen MR) is 70.2 cm³/mol. The van der Waals surface area contributed by atoms with E-state index >= 15 is 0 Å². The van der Waals surface area contributed by atoms with Gasteiger partial charge in [0.05, 0.1) is 5.69 Å². The van der Waals surface area contributed by atoms with Crippen LogP contribution in [0.4, 0.5) is 10.2 Å². The Kier molecular flexibility index (Phi) is 3.52. The summed E-state index contributed by atoms with van der Waals surface area (Å²) in [7, 11) is 1.92. The number of halogens is 1. The molecule has 2 heterocycles. The van der Waals surface area contributed by atoms with E-state index in [1.54, 1.807) is 0 Å². The minimum atomic E-state index is -0.262. The van der Waals surface area contributed by atoms with Gasteiger partial charge in [0.25, 0.3) is 0 Å². The fraction of sp³-hybridized carbons (Fsp3) is 0.692. The molecule has 1 aromatic rings. The molecule has 0 atom stereocenters. The van der Waals surface area contributed by atoms with Crippen LogP contribution in [0.1, 0.15) is 26.5 Å². The molecule has 0 spiro atoms. The van der Waals surface area contributed by atoms with Gasteiger partial charge in [-0.25, -0.2) is 14.4 Å². The van der Waals surface area contributed by atoms with Crippen molar-refractivity contribution in [3.05, 3.63) is 17.8 Å². The number of likely N-dealkylation sites (N-methyl/N-ethyl adjacent to an activating group) is 1. The van der Waals surface area contributed by atoms with Crippen LogP contribution >= 0.6 is 0 Å². The van der Waals surface area contributed by atoms with Crippen molar-refractivity contribution in [2.24, 2.45) is 5.41 Å². The molecule has 1 aromatic heterocycles. The number of aromatic nitrogens is 2. The van der Waals surface area contributed by atoms with Crippen molar-refractivity contribution >= 4 is 5.82 Å². The summed E-state index contributed by atoms with van der Waals surface area (Å²) in [5.41, 5.74) is 0.537. The molecule has 2 rings (SSSR count). The molecule has 18 heavy (non-hydrogen) atoms. The lowest BCUT2D eigenvalue weighted by Crippen LogP contribution is -2.57. The summed E-state index contributed by atoms with van der Waals surface area (Å²) in [6.45, 7) is 7.84. The maximum atomic E-state index is 14.3. The molecule has 0 aromatic carbocycles. The van der Waals surface area contributed by atoms with Crippen molar-refractivity contribution in [2.45, 2.75) is 33.2 Å². The SMILES string of the molecule is CNC1CN(c2ncnc(CC(C)(C)C)c2F)C1. The van der Waals surface area contributed by atoms with E-state index in [0.717, 1.165) is 13.1 Å². The van der Waals surface area contributed by atoms with Gasteiger partial charge in [0.15, 0.2) is 11.6 Å². The molecule has 1 aliphatic rings. The lowest BCUT2D eigenvalue weighted by atomic mass is 9.90. The third-order valence-electron chi connectivity index (χ3n) is 3.13. The van der Waals surface area contributed by atoms with E-state index in [2.05, 4.69) is 36.1 Å². The van der Waals surface area contributed by atoms with Gasteiger partial charge in [0, 0.05) is 19.1 Å². The molecular weight excluding hydrogens is 231 g/mol. The third-order valence-corrected chi connectivity index (χ3v) is 3.13. The molecule has 0 amide bonds. The average molecular weight is 252 g/mol. The molecule has 1 aliphatic heterocycles. The third kappa shape index (κ3) is 2.77. The number of nitrogens with one attached hydrogen (secondary N) is 1. The molecule has 1 fully saturated rings. The molecule has 1 saturated heterocycles. The lowest BCUT2D eigenvalue weighted by Gasteiger charge is -2.40. The number of hydrogen-bond donors (Lipinski definition) is 1. The van der Waals surface area contributed by atoms with Gasteiger partial charge in [0.1, 0.15) is 6.33 Å². The maximum Gasteiger partial charge on any atom is 0.187 e. The zero-order chi connectivity index (χ0) is 13.3. The monoisotopic (exact) mass is 252 g/mol. The van der Waals surface area contributed by atoms with Crippen LogP contribution in [-0.4, -0.2) is 36.1 Å². The first-order chi connectivity index (χ1) is 8.40. The van der Waals surface area contributed by atoms with Crippen LogP contribution < -0.4 is 10.2 Å². The molecule has 0 saturated carbocycles. The standard InChI is InChI=1S/C13H21FN4/c1-13(2,3)5-10-11(14)12(17-8-16-10)18-6-9(7-18)15-4/h8-9,15H,5-7H2,1-4H3. The van der Waals surface area contributed by atoms with Crippen LogP contribution in [-0.2, 0) is 6.42 Å². The van der Waals surface area contributed by atoms with Gasteiger partial charge in [0.2, 0.25) is 0 Å². The van der Waals surface area contributed by atoms with Gasteiger partial charge in [-0.2, -0.15) is 0 Å². The Hall–Kier alpha value is -1.23. The minimum Gasteiger partial charge on any atom is -0.351 e. The van der Waals surface area contributed by atoms with Gasteiger partial charge in [-0.1, -0.05) is 20.8 Å². The van der Waals surface area contributed by atoms with Crippen LogP contribution in [0, 0.1) is 11.2 Å². The predicted octanol–water partition coefficient (Wildman–Crippen LogP) is 1.61. The average Bonchev–Trinajstić information content (AvgIpc) is 2.20. The first kappa shape index (κ1) is 13.2. The van der Waals surface area contributed by atoms with Crippen molar-refractivity contribution in [3.63, 3.8) is 0 Å². The zero-order valence-corrected chi connectivity index (χ0v) is 11.5. The topological polar surface area (TPSA) is 41.0 Å². The molecule has 0 bridgehead atoms. The Balaban J connectivity index is 2.15. The zero-order valence-electron chi connectivity index (χ0n) is 11.5. The highest BCUT2D eigenvalue weighted by Gasteiger charge is 2.30. The van der Waals surface area contributed by atoms with E-state index in [4.69, 9.17) is 0 Å². The minimum absolute atomic E-state index is 0.0227. The second-order valence-electron chi connectivity index (χ2n) is 6.09. The van der Waals surface area contributed by atoms with Crippen LogP contribution in [0.5, 0.6) is 0 Å². The smallest absolute Gasteiger partial charge is 0.187 e. The van der Waals surface area contributed by atoms with E-state index in [1.807, 2.05) is 11.9 Å². The fourth-order valence-corrected chi connectivity index (χ4v) is 2.08. The summed E-state index contributed by atoms with van der Waals surface area (Å²) in [5, 5.41) is 3.17. The second-order valence-corrected chi connectivity index (χ2v) is 6.09. The molecular formula is C13H21FN4. The highest BCUT2D eigenvalue weighted by Crippen LogP contribution is 2.26. The number of anilines is 1. The summed E-state index contributed by atoms with van der Waals surface area (Å²) in [6.07, 6.45) is 2.09. The van der Waals surface area contributed by atoms with Gasteiger partial charge in [-0.05, 0) is 18.9 Å². The molecule has 0 unspecified atom stereocenters. The maximum absolute atomic E-state index is 14.3. The Bertz CT molecular complexity index is 421. The number of nitrogens with zero attached hydrogens (tertiary/aromatic N) is 3. The Morgan fingerprint density at radius 1 is 1.39 bits per heavy atom. The first-order valence-electron chi connectivity index (χ1n) is 6.32. The molecule has 100 valence electrons. The largest absolute Gasteiger partial charge is 0.351 e. The Morgan fingerprint density at radius 2 is 2.06 bits per heavy atom. The number of hydrogen-bond acceptors (Lipinski definition) is 4. The van der Waals surface area contributed by atoms with Crippen LogP contribution in [0.2, 0.25) is 0 Å². The molecule has 5 heteroatoms. The van der Waals surface area contributed by atoms with Crippen molar-refractivity contribution in [2.75, 3.05) is 25.0 Å². The Labute approximate surface area is 108 Å². The normalized spacial score (nSPS) is 16.8. The second kappa shape index (κ2) is 4.80. The highest BCUT2D eigenvalue weighted by molar-refractivity contribution is 5.44. The van der Waals surface area contributed by atoms with Crippen molar-refractivity contribution in [3.8, 4) is 0 Å². The van der Waals surface area contributed by atoms with Crippen molar-refractivity contribution < 1.29 is 4.39 Å². The fourth-order valence-electron chi connectivity index (χ4n) is 2.08. The molecule has 1 N–H and O–H groups in total. The van der Waals surface area contributed by atoms with Crippen molar-refractivity contribution in [1.29, 1.82) is 0 Å². The first-order valence-corrected chi connectivity index (χ1v) is 6.32. The van der Waals surface area contributed by atoms with Gasteiger partial charge in [-0.15, -0.1) is 0 Å². The summed E-state index contributed by atoms with van der Waals surface area (Å²) < 4.78 is 14.3. The van der Waals surface area contributed by atoms with E-state index in [1.165, 1.54) is 6.33 Å². The summed E-state index contributed by atoms with van der Waals surface area (Å²) in [6, 6.07) is 0.436. The van der Waals surface area contributed by atoms with Crippen molar-refractivity contribution in [1.82, 2.24) is 15.3 Å². The van der Waals surface area contributed by atoms with E-state index in [-0.39, 0.29) is 11.2 Å². The van der Waals surface area contributed by atoms with Crippen LogP contribution in [0.25, 0.3) is 0 Å². The summed E-state index contributed by atoms with van der Waals surface area (Å²) in [5.74, 6) is 0.178. The molecule has 4 nitrogen and oxygen atoms in total. The number of rotatable bonds is 3. The quantitative estimate of drug-likeness (QED) is 0.887. The Morgan fingerprint density at radius 3 is 2.61 bits per heavy atom. The van der Waals surface area contributed by atoms with E-state index in [0.29, 0.717) is 24.0 Å². The molecule has 0 aliphatic carbocycles. The summed E-state index contributed by atoms with van der Waals surface area (Å²) in [4.78, 5) is 10.1. The summed E-state index contributed by atoms with van der Waals surface area (Å²) >= 11 is 0. The highest BCUT2D eigenvalue weighted by atomic mass is 19.1.